The van der Waals surface area contributed by atoms with Crippen LogP contribution >= 0.6 is 0 Å². The molecule has 0 bridgehead atoms. The first-order valence-corrected chi connectivity index (χ1v) is 9.01. The van der Waals surface area contributed by atoms with Crippen LogP contribution in [0, 0.1) is 5.92 Å². The highest BCUT2D eigenvalue weighted by molar-refractivity contribution is 5.82. The number of aliphatic hydroxyl groups is 3. The Morgan fingerprint density at radius 3 is 2.65 bits per heavy atom. The zero-order valence-electron chi connectivity index (χ0n) is 15.3. The Labute approximate surface area is 152 Å². The van der Waals surface area contributed by atoms with E-state index in [0.717, 1.165) is 12.1 Å². The van der Waals surface area contributed by atoms with Gasteiger partial charge in [0.05, 0.1) is 12.1 Å². The molecule has 2 saturated heterocycles. The van der Waals surface area contributed by atoms with Crippen molar-refractivity contribution in [2.75, 3.05) is 19.7 Å². The standard InChI is InChI=1S/C18H27NO7/c1-10-8-18(24,11(2)20)16(22)26-13-5-7-19-6-4-12(14(13)19)9-25-15(21)17(10,3)23/h4,10-11,13-14,20,23-24H,5-9H2,1-3H3/t10-,11-,13-,14-,17+,18-/m1/s1. The second-order valence-electron chi connectivity index (χ2n) is 7.88. The third kappa shape index (κ3) is 3.05. The molecule has 3 rings (SSSR count). The van der Waals surface area contributed by atoms with Gasteiger partial charge in [-0.05, 0) is 38.2 Å². The molecule has 3 aliphatic rings. The summed E-state index contributed by atoms with van der Waals surface area (Å²) in [5.41, 5.74) is -3.33. The van der Waals surface area contributed by atoms with E-state index in [-0.39, 0.29) is 19.1 Å². The fourth-order valence-electron chi connectivity index (χ4n) is 3.95. The Morgan fingerprint density at radius 1 is 1.31 bits per heavy atom. The summed E-state index contributed by atoms with van der Waals surface area (Å²) >= 11 is 0. The van der Waals surface area contributed by atoms with Gasteiger partial charge in [0.15, 0.2) is 11.2 Å². The lowest BCUT2D eigenvalue weighted by Crippen LogP contribution is -2.56. The molecule has 0 aromatic heterocycles. The maximum Gasteiger partial charge on any atom is 0.341 e. The van der Waals surface area contributed by atoms with Crippen molar-refractivity contribution in [2.45, 2.75) is 63.1 Å². The molecule has 0 amide bonds. The van der Waals surface area contributed by atoms with Gasteiger partial charge in [-0.25, -0.2) is 9.59 Å². The average molecular weight is 369 g/mol. The highest BCUT2D eigenvalue weighted by Gasteiger charge is 2.52. The van der Waals surface area contributed by atoms with Crippen molar-refractivity contribution in [1.29, 1.82) is 0 Å². The first kappa shape index (κ1) is 19.3. The monoisotopic (exact) mass is 369 g/mol. The van der Waals surface area contributed by atoms with Gasteiger partial charge in [0.25, 0.3) is 0 Å². The van der Waals surface area contributed by atoms with Gasteiger partial charge in [-0.2, -0.15) is 0 Å². The summed E-state index contributed by atoms with van der Waals surface area (Å²) in [5, 5.41) is 31.5. The van der Waals surface area contributed by atoms with E-state index in [1.54, 1.807) is 0 Å². The minimum Gasteiger partial charge on any atom is -0.459 e. The van der Waals surface area contributed by atoms with Crippen LogP contribution in [0.1, 0.15) is 33.6 Å². The largest absolute Gasteiger partial charge is 0.459 e. The summed E-state index contributed by atoms with van der Waals surface area (Å²) in [6.45, 7) is 5.50. The third-order valence-corrected chi connectivity index (χ3v) is 6.08. The fourth-order valence-corrected chi connectivity index (χ4v) is 3.95. The number of esters is 2. The van der Waals surface area contributed by atoms with Crippen LogP contribution in [0.3, 0.4) is 0 Å². The number of carbonyl (C=O) groups excluding carboxylic acids is 2. The van der Waals surface area contributed by atoms with Crippen LogP contribution in [-0.2, 0) is 19.1 Å². The van der Waals surface area contributed by atoms with Crippen LogP contribution in [-0.4, -0.2) is 81.3 Å². The zero-order chi connectivity index (χ0) is 19.3. The summed E-state index contributed by atoms with van der Waals surface area (Å²) in [6.07, 6.45) is 0.293. The van der Waals surface area contributed by atoms with Crippen LogP contribution in [0.25, 0.3) is 0 Å². The zero-order valence-corrected chi connectivity index (χ0v) is 15.3. The first-order chi connectivity index (χ1) is 12.1. The van der Waals surface area contributed by atoms with Crippen molar-refractivity contribution < 1.29 is 34.4 Å². The Balaban J connectivity index is 1.97. The van der Waals surface area contributed by atoms with E-state index >= 15 is 0 Å². The van der Waals surface area contributed by atoms with Gasteiger partial charge in [-0.3, -0.25) is 4.90 Å². The Bertz CT molecular complexity index is 629. The van der Waals surface area contributed by atoms with Crippen LogP contribution in [0.2, 0.25) is 0 Å². The van der Waals surface area contributed by atoms with Crippen LogP contribution < -0.4 is 0 Å². The number of hydrogen-bond donors (Lipinski definition) is 3. The second kappa shape index (κ2) is 6.60. The summed E-state index contributed by atoms with van der Waals surface area (Å²) in [4.78, 5) is 27.3. The minimum absolute atomic E-state index is 0.0254. The summed E-state index contributed by atoms with van der Waals surface area (Å²) < 4.78 is 10.9. The maximum absolute atomic E-state index is 12.7. The Hall–Kier alpha value is -1.48. The van der Waals surface area contributed by atoms with Crippen molar-refractivity contribution in [1.82, 2.24) is 4.90 Å². The van der Waals surface area contributed by atoms with Gasteiger partial charge >= 0.3 is 11.9 Å². The van der Waals surface area contributed by atoms with Gasteiger partial charge in [-0.15, -0.1) is 0 Å². The molecule has 0 aromatic rings. The molecule has 3 aliphatic heterocycles. The van der Waals surface area contributed by atoms with Crippen molar-refractivity contribution in [3.05, 3.63) is 11.6 Å². The van der Waals surface area contributed by atoms with Gasteiger partial charge in [0.1, 0.15) is 12.7 Å². The van der Waals surface area contributed by atoms with Crippen molar-refractivity contribution in [2.24, 2.45) is 5.92 Å². The molecular formula is C18H27NO7. The molecule has 146 valence electrons. The molecule has 0 spiro atoms. The number of carbonyl (C=O) groups is 2. The lowest BCUT2D eigenvalue weighted by Gasteiger charge is -2.37. The predicted octanol–water partition coefficient (Wildman–Crippen LogP) is -0.642. The third-order valence-electron chi connectivity index (χ3n) is 6.08. The molecule has 0 aliphatic carbocycles. The smallest absolute Gasteiger partial charge is 0.341 e. The summed E-state index contributed by atoms with van der Waals surface area (Å²) in [5.74, 6) is -2.60. The van der Waals surface area contributed by atoms with Gasteiger partial charge < -0.3 is 24.8 Å². The highest BCUT2D eigenvalue weighted by atomic mass is 16.6. The lowest BCUT2D eigenvalue weighted by atomic mass is 9.79. The molecule has 0 unspecified atom stereocenters. The van der Waals surface area contributed by atoms with E-state index in [1.807, 2.05) is 6.08 Å². The first-order valence-electron chi connectivity index (χ1n) is 9.01. The molecule has 0 radical (unpaired) electrons. The molecule has 6 atom stereocenters. The molecule has 8 nitrogen and oxygen atoms in total. The minimum atomic E-state index is -2.22. The highest BCUT2D eigenvalue weighted by Crippen LogP contribution is 2.36. The van der Waals surface area contributed by atoms with Crippen LogP contribution in [0.5, 0.6) is 0 Å². The summed E-state index contributed by atoms with van der Waals surface area (Å²) in [6, 6.07) is -0.216. The van der Waals surface area contributed by atoms with Crippen molar-refractivity contribution in [3.63, 3.8) is 0 Å². The molecule has 2 fully saturated rings. The SMILES string of the molecule is C[C@@H]1C[C@@](O)([C@@H](C)O)C(=O)O[C@@H]2CCN3CC=C(COC(=O)[C@@]1(C)O)[C@H]23. The van der Waals surface area contributed by atoms with Crippen molar-refractivity contribution >= 4 is 11.9 Å². The quantitative estimate of drug-likeness (QED) is 0.413. The van der Waals surface area contributed by atoms with Crippen LogP contribution in [0.4, 0.5) is 0 Å². The number of cyclic esters (lactones) is 1. The molecular weight excluding hydrogens is 342 g/mol. The number of nitrogens with zero attached hydrogens (tertiary/aromatic N) is 1. The average Bonchev–Trinajstić information content (AvgIpc) is 3.14. The normalized spacial score (nSPS) is 42.8. The lowest BCUT2D eigenvalue weighted by molar-refractivity contribution is -0.193. The summed E-state index contributed by atoms with van der Waals surface area (Å²) in [7, 11) is 0. The number of aliphatic hydroxyl groups excluding tert-OH is 1. The predicted molar refractivity (Wildman–Crippen MR) is 89.9 cm³/mol. The van der Waals surface area contributed by atoms with E-state index in [9.17, 15) is 24.9 Å². The number of ether oxygens (including phenoxy) is 2. The Kier molecular flexibility index (Phi) is 4.89. The maximum atomic E-state index is 12.7. The van der Waals surface area contributed by atoms with Gasteiger partial charge in [-0.1, -0.05) is 13.0 Å². The van der Waals surface area contributed by atoms with E-state index in [1.165, 1.54) is 20.8 Å². The molecule has 8 heteroatoms. The molecule has 0 saturated carbocycles. The van der Waals surface area contributed by atoms with Crippen LogP contribution in [0.15, 0.2) is 11.6 Å². The van der Waals surface area contributed by atoms with E-state index in [4.69, 9.17) is 9.47 Å². The number of rotatable bonds is 1. The van der Waals surface area contributed by atoms with Gasteiger partial charge in [0.2, 0.25) is 0 Å². The topological polar surface area (TPSA) is 117 Å². The second-order valence-corrected chi connectivity index (χ2v) is 7.88. The Morgan fingerprint density at radius 2 is 2.00 bits per heavy atom. The fraction of sp³-hybridized carbons (Fsp3) is 0.778. The van der Waals surface area contributed by atoms with E-state index in [0.29, 0.717) is 13.0 Å². The molecule has 3 heterocycles. The molecule has 26 heavy (non-hydrogen) atoms. The number of hydrogen-bond acceptors (Lipinski definition) is 8. The van der Waals surface area contributed by atoms with Gasteiger partial charge in [0, 0.05) is 13.1 Å². The van der Waals surface area contributed by atoms with Crippen molar-refractivity contribution in [3.8, 4) is 0 Å². The van der Waals surface area contributed by atoms with E-state index in [2.05, 4.69) is 4.90 Å². The van der Waals surface area contributed by atoms with E-state index < -0.39 is 41.3 Å². The molecule has 0 aromatic carbocycles. The molecule has 3 N–H and O–H groups in total.